The fourth-order valence-corrected chi connectivity index (χ4v) is 5.93. The second-order valence-electron chi connectivity index (χ2n) is 10.5. The summed E-state index contributed by atoms with van der Waals surface area (Å²) in [5, 5.41) is 1.07. The van der Waals surface area contributed by atoms with E-state index in [1.54, 1.807) is 27.7 Å². The van der Waals surface area contributed by atoms with Crippen molar-refractivity contribution in [2.45, 2.75) is 32.7 Å². The second kappa shape index (κ2) is 11.2. The quantitative estimate of drug-likeness (QED) is 0.187. The van der Waals surface area contributed by atoms with E-state index in [1.807, 2.05) is 42.2 Å². The smallest absolute Gasteiger partial charge is 0.274 e. The van der Waals surface area contributed by atoms with Gasteiger partial charge in [0.1, 0.15) is 5.82 Å². The normalized spacial score (nSPS) is 15.3. The van der Waals surface area contributed by atoms with Crippen molar-refractivity contribution in [3.63, 3.8) is 0 Å². The lowest BCUT2D eigenvalue weighted by molar-refractivity contribution is -0.126. The van der Waals surface area contributed by atoms with Crippen LogP contribution in [0, 0.1) is 12.4 Å². The molecule has 4 aromatic rings. The Morgan fingerprint density at radius 2 is 1.85 bits per heavy atom. The van der Waals surface area contributed by atoms with Gasteiger partial charge in [-0.3, -0.25) is 14.2 Å². The average molecular weight is 569 g/mol. The maximum atomic E-state index is 14.3. The molecule has 1 amide bonds. The van der Waals surface area contributed by atoms with E-state index in [1.165, 1.54) is 18.2 Å². The van der Waals surface area contributed by atoms with Crippen molar-refractivity contribution < 1.29 is 9.18 Å². The standard InChI is InChI=1S/C33H30ClFN4O2/c1-6-30(40)37-15-16-38(21(4)19-37)32-26-17-27(34)25(22-11-13-23(35)14-12-22)18-29(26)39(33(41)31(32)36-5)28-10-8-7-9-24(28)20(2)3/h6-14,17-18,20-21H,1,15-16,19H2,2-4H3/t21-/m0/s1. The van der Waals surface area contributed by atoms with Gasteiger partial charge in [-0.25, -0.2) is 9.24 Å². The third-order valence-corrected chi connectivity index (χ3v) is 7.99. The summed E-state index contributed by atoms with van der Waals surface area (Å²) in [5.41, 5.74) is 3.66. The Labute approximate surface area is 243 Å². The number of nitrogens with zero attached hydrogens (tertiary/aromatic N) is 4. The van der Waals surface area contributed by atoms with E-state index in [0.29, 0.717) is 58.1 Å². The topological polar surface area (TPSA) is 49.9 Å². The number of anilines is 1. The molecule has 1 aliphatic rings. The number of hydrogen-bond acceptors (Lipinski definition) is 3. The number of amides is 1. The van der Waals surface area contributed by atoms with Crippen LogP contribution in [0.3, 0.4) is 0 Å². The van der Waals surface area contributed by atoms with Crippen molar-refractivity contribution in [3.8, 4) is 16.8 Å². The lowest BCUT2D eigenvalue weighted by Gasteiger charge is -2.42. The van der Waals surface area contributed by atoms with Gasteiger partial charge in [0.2, 0.25) is 5.91 Å². The number of fused-ring (bicyclic) bond motifs is 1. The maximum absolute atomic E-state index is 14.3. The molecule has 8 heteroatoms. The number of hydrogen-bond donors (Lipinski definition) is 0. The van der Waals surface area contributed by atoms with Crippen molar-refractivity contribution in [2.75, 3.05) is 24.5 Å². The highest BCUT2D eigenvalue weighted by Crippen LogP contribution is 2.42. The summed E-state index contributed by atoms with van der Waals surface area (Å²) in [5.74, 6) is -0.400. The molecule has 5 rings (SSSR count). The first-order valence-electron chi connectivity index (χ1n) is 13.5. The molecule has 0 radical (unpaired) electrons. The number of benzene rings is 3. The van der Waals surface area contributed by atoms with Gasteiger partial charge in [0.25, 0.3) is 11.2 Å². The van der Waals surface area contributed by atoms with Gasteiger partial charge in [0, 0.05) is 41.6 Å². The molecule has 1 aromatic heterocycles. The van der Waals surface area contributed by atoms with Crippen LogP contribution in [0.25, 0.3) is 32.6 Å². The Morgan fingerprint density at radius 3 is 2.49 bits per heavy atom. The van der Waals surface area contributed by atoms with Gasteiger partial charge < -0.3 is 9.80 Å². The number of aromatic nitrogens is 1. The summed E-state index contributed by atoms with van der Waals surface area (Å²) in [7, 11) is 0. The van der Waals surface area contributed by atoms with Crippen molar-refractivity contribution in [2.24, 2.45) is 0 Å². The van der Waals surface area contributed by atoms with Crippen LogP contribution in [0.15, 0.2) is 78.1 Å². The predicted molar refractivity (Wildman–Crippen MR) is 164 cm³/mol. The average Bonchev–Trinajstić information content (AvgIpc) is 2.96. The molecular weight excluding hydrogens is 539 g/mol. The zero-order chi connectivity index (χ0) is 29.4. The van der Waals surface area contributed by atoms with Crippen LogP contribution >= 0.6 is 11.6 Å². The van der Waals surface area contributed by atoms with Crippen LogP contribution in [0.2, 0.25) is 5.02 Å². The number of carbonyl (C=O) groups excluding carboxylic acids is 1. The molecule has 0 spiro atoms. The van der Waals surface area contributed by atoms with Crippen LogP contribution in [-0.2, 0) is 4.79 Å². The zero-order valence-electron chi connectivity index (χ0n) is 23.2. The fraction of sp³-hybridized carbons (Fsp3) is 0.242. The molecule has 3 aromatic carbocycles. The van der Waals surface area contributed by atoms with Gasteiger partial charge in [-0.05, 0) is 60.4 Å². The molecule has 208 valence electrons. The predicted octanol–water partition coefficient (Wildman–Crippen LogP) is 7.35. The first-order chi connectivity index (χ1) is 19.7. The molecule has 0 N–H and O–H groups in total. The highest BCUT2D eigenvalue weighted by Gasteiger charge is 2.31. The van der Waals surface area contributed by atoms with Gasteiger partial charge in [-0.1, -0.05) is 62.4 Å². The molecule has 41 heavy (non-hydrogen) atoms. The number of pyridine rings is 1. The lowest BCUT2D eigenvalue weighted by Crippen LogP contribution is -2.53. The first kappa shape index (κ1) is 28.1. The van der Waals surface area contributed by atoms with E-state index in [-0.39, 0.29) is 29.4 Å². The second-order valence-corrected chi connectivity index (χ2v) is 11.0. The molecule has 0 saturated carbocycles. The Bertz CT molecular complexity index is 1770. The summed E-state index contributed by atoms with van der Waals surface area (Å²) in [6.07, 6.45) is 1.30. The van der Waals surface area contributed by atoms with Gasteiger partial charge in [0.15, 0.2) is 0 Å². The van der Waals surface area contributed by atoms with Crippen molar-refractivity contribution in [3.05, 3.63) is 111 Å². The van der Waals surface area contributed by atoms with Gasteiger partial charge in [-0.2, -0.15) is 0 Å². The zero-order valence-corrected chi connectivity index (χ0v) is 24.0. The minimum Gasteiger partial charge on any atom is -0.373 e. The summed E-state index contributed by atoms with van der Waals surface area (Å²) >= 11 is 6.88. The highest BCUT2D eigenvalue weighted by atomic mass is 35.5. The molecule has 0 unspecified atom stereocenters. The summed E-state index contributed by atoms with van der Waals surface area (Å²) in [6.45, 7) is 19.1. The Balaban J connectivity index is 1.85. The maximum Gasteiger partial charge on any atom is 0.274 e. The van der Waals surface area contributed by atoms with E-state index >= 15 is 0 Å². The van der Waals surface area contributed by atoms with Crippen LogP contribution in [0.4, 0.5) is 15.8 Å². The molecule has 1 fully saturated rings. The monoisotopic (exact) mass is 568 g/mol. The highest BCUT2D eigenvalue weighted by molar-refractivity contribution is 6.34. The van der Waals surface area contributed by atoms with E-state index in [0.717, 1.165) is 5.56 Å². The Hall–Kier alpha value is -4.41. The molecule has 1 atom stereocenters. The third-order valence-electron chi connectivity index (χ3n) is 7.68. The molecule has 0 bridgehead atoms. The fourth-order valence-electron chi connectivity index (χ4n) is 5.66. The first-order valence-corrected chi connectivity index (χ1v) is 13.9. The van der Waals surface area contributed by atoms with Gasteiger partial charge in [-0.15, -0.1) is 0 Å². The minimum atomic E-state index is -0.431. The third kappa shape index (κ3) is 5.00. The summed E-state index contributed by atoms with van der Waals surface area (Å²) in [6, 6.07) is 17.2. The van der Waals surface area contributed by atoms with Gasteiger partial charge in [0.05, 0.1) is 23.5 Å². The van der Waals surface area contributed by atoms with E-state index in [4.69, 9.17) is 18.2 Å². The van der Waals surface area contributed by atoms with Crippen molar-refractivity contribution in [1.29, 1.82) is 0 Å². The Kier molecular flexibility index (Phi) is 7.70. The van der Waals surface area contributed by atoms with Crippen molar-refractivity contribution >= 4 is 39.8 Å². The molecule has 2 heterocycles. The number of piperazine rings is 1. The van der Waals surface area contributed by atoms with Gasteiger partial charge >= 0.3 is 0 Å². The van der Waals surface area contributed by atoms with E-state index < -0.39 is 5.56 Å². The van der Waals surface area contributed by atoms with Crippen LogP contribution in [0.5, 0.6) is 0 Å². The summed E-state index contributed by atoms with van der Waals surface area (Å²) in [4.78, 5) is 34.2. The minimum absolute atomic E-state index is 0.00277. The van der Waals surface area contributed by atoms with Crippen molar-refractivity contribution in [1.82, 2.24) is 9.47 Å². The molecular formula is C33H30ClFN4O2. The van der Waals surface area contributed by atoms with E-state index in [9.17, 15) is 14.0 Å². The van der Waals surface area contributed by atoms with Crippen LogP contribution in [-0.4, -0.2) is 41.1 Å². The number of halogens is 2. The molecule has 0 aliphatic carbocycles. The largest absolute Gasteiger partial charge is 0.373 e. The van der Waals surface area contributed by atoms with E-state index in [2.05, 4.69) is 25.3 Å². The SMILES string of the molecule is [C-]#[N+]c1c(N2CCN(C(=O)C=C)C[C@@H]2C)c2cc(Cl)c(-c3ccc(F)cc3)cc2n(-c2ccccc2C(C)C)c1=O. The number of carbonyl (C=O) groups is 1. The Morgan fingerprint density at radius 1 is 1.15 bits per heavy atom. The lowest BCUT2D eigenvalue weighted by atomic mass is 9.98. The summed E-state index contributed by atoms with van der Waals surface area (Å²) < 4.78 is 15.4. The van der Waals surface area contributed by atoms with Crippen LogP contribution < -0.4 is 10.5 Å². The molecule has 1 aliphatic heterocycles. The number of rotatable bonds is 5. The molecule has 6 nitrogen and oxygen atoms in total. The number of para-hydroxylation sites is 1. The molecule has 1 saturated heterocycles. The van der Waals surface area contributed by atoms with Crippen LogP contribution in [0.1, 0.15) is 32.3 Å².